The molecule has 14 heavy (non-hydrogen) atoms. The average Bonchev–Trinajstić information content (AvgIpc) is 2.72. The van der Waals surface area contributed by atoms with Gasteiger partial charge < -0.3 is 10.3 Å². The summed E-state index contributed by atoms with van der Waals surface area (Å²) in [7, 11) is 0. The molecule has 2 N–H and O–H groups in total. The third-order valence-electron chi connectivity index (χ3n) is 3.21. The lowest BCUT2D eigenvalue weighted by molar-refractivity contribution is 0.103. The van der Waals surface area contributed by atoms with E-state index in [0.717, 1.165) is 26.2 Å². The Bertz CT molecular complexity index is 271. The molecular weight excluding hydrogens is 174 g/mol. The summed E-state index contributed by atoms with van der Waals surface area (Å²) in [6, 6.07) is 2.17. The van der Waals surface area contributed by atoms with Crippen molar-refractivity contribution in [1.29, 1.82) is 0 Å². The van der Waals surface area contributed by atoms with Crippen LogP contribution < -0.4 is 5.32 Å². The maximum Gasteiger partial charge on any atom is 0.0420 e. The molecule has 3 nitrogen and oxygen atoms in total. The topological polar surface area (TPSA) is 31.1 Å². The molecule has 1 fully saturated rings. The number of aromatic amines is 1. The Morgan fingerprint density at radius 2 is 2.00 bits per heavy atom. The molecular formula is C11H19N3. The van der Waals surface area contributed by atoms with Crippen LogP contribution in [0, 0.1) is 0 Å². The van der Waals surface area contributed by atoms with E-state index >= 15 is 0 Å². The lowest BCUT2D eigenvalue weighted by atomic mass is 9.94. The number of aromatic nitrogens is 1. The van der Waals surface area contributed by atoms with Crippen molar-refractivity contribution in [3.05, 3.63) is 24.0 Å². The molecule has 1 saturated heterocycles. The summed E-state index contributed by atoms with van der Waals surface area (Å²) in [6.07, 6.45) is 4.10. The van der Waals surface area contributed by atoms with Crippen molar-refractivity contribution in [3.63, 3.8) is 0 Å². The van der Waals surface area contributed by atoms with Crippen molar-refractivity contribution in [3.8, 4) is 0 Å². The molecule has 0 unspecified atom stereocenters. The molecule has 0 aromatic carbocycles. The Morgan fingerprint density at radius 1 is 1.29 bits per heavy atom. The Kier molecular flexibility index (Phi) is 2.61. The molecule has 1 aliphatic heterocycles. The summed E-state index contributed by atoms with van der Waals surface area (Å²) >= 11 is 0. The molecule has 0 bridgehead atoms. The van der Waals surface area contributed by atoms with Crippen molar-refractivity contribution < 1.29 is 0 Å². The van der Waals surface area contributed by atoms with Crippen LogP contribution in [0.3, 0.4) is 0 Å². The first kappa shape index (κ1) is 9.74. The quantitative estimate of drug-likeness (QED) is 0.738. The first-order valence-corrected chi connectivity index (χ1v) is 5.30. The first-order valence-electron chi connectivity index (χ1n) is 5.30. The second kappa shape index (κ2) is 3.75. The fraction of sp³-hybridized carbons (Fsp3) is 0.636. The van der Waals surface area contributed by atoms with Gasteiger partial charge in [-0.15, -0.1) is 0 Å². The zero-order chi connectivity index (χ0) is 10.0. The van der Waals surface area contributed by atoms with Crippen molar-refractivity contribution in [2.75, 3.05) is 26.2 Å². The van der Waals surface area contributed by atoms with E-state index in [2.05, 4.69) is 41.3 Å². The van der Waals surface area contributed by atoms with Crippen LogP contribution in [0.2, 0.25) is 0 Å². The predicted molar refractivity (Wildman–Crippen MR) is 58.3 cm³/mol. The number of hydrogen-bond donors (Lipinski definition) is 2. The van der Waals surface area contributed by atoms with Crippen LogP contribution in [0.1, 0.15) is 19.4 Å². The van der Waals surface area contributed by atoms with Gasteiger partial charge >= 0.3 is 0 Å². The van der Waals surface area contributed by atoms with Gasteiger partial charge in [-0.25, -0.2) is 0 Å². The summed E-state index contributed by atoms with van der Waals surface area (Å²) in [4.78, 5) is 5.67. The van der Waals surface area contributed by atoms with Crippen LogP contribution >= 0.6 is 0 Å². The van der Waals surface area contributed by atoms with Gasteiger partial charge in [0.2, 0.25) is 0 Å². The summed E-state index contributed by atoms with van der Waals surface area (Å²) in [6.45, 7) is 9.07. The van der Waals surface area contributed by atoms with Gasteiger partial charge in [0.1, 0.15) is 0 Å². The number of rotatable bonds is 2. The summed E-state index contributed by atoms with van der Waals surface area (Å²) in [5, 5.41) is 3.38. The zero-order valence-electron chi connectivity index (χ0n) is 9.01. The highest BCUT2D eigenvalue weighted by atomic mass is 15.2. The van der Waals surface area contributed by atoms with Crippen molar-refractivity contribution in [2.24, 2.45) is 0 Å². The smallest absolute Gasteiger partial charge is 0.0420 e. The van der Waals surface area contributed by atoms with E-state index < -0.39 is 0 Å². The largest absolute Gasteiger partial charge is 0.367 e. The predicted octanol–water partition coefficient (Wildman–Crippen LogP) is 1.16. The van der Waals surface area contributed by atoms with Gasteiger partial charge in [-0.2, -0.15) is 0 Å². The first-order chi connectivity index (χ1) is 6.71. The molecule has 0 saturated carbocycles. The van der Waals surface area contributed by atoms with E-state index in [1.54, 1.807) is 0 Å². The maximum absolute atomic E-state index is 3.38. The highest BCUT2D eigenvalue weighted by molar-refractivity contribution is 5.19. The molecule has 1 aromatic heterocycles. The molecule has 0 amide bonds. The van der Waals surface area contributed by atoms with Crippen molar-refractivity contribution in [2.45, 2.75) is 19.4 Å². The third-order valence-corrected chi connectivity index (χ3v) is 3.21. The highest BCUT2D eigenvalue weighted by Crippen LogP contribution is 2.27. The molecule has 78 valence electrons. The number of nitrogens with zero attached hydrogens (tertiary/aromatic N) is 1. The lowest BCUT2D eigenvalue weighted by Gasteiger charge is -2.41. The van der Waals surface area contributed by atoms with Crippen molar-refractivity contribution in [1.82, 2.24) is 15.2 Å². The van der Waals surface area contributed by atoms with Gasteiger partial charge in [0, 0.05) is 44.1 Å². The Morgan fingerprint density at radius 3 is 2.57 bits per heavy atom. The summed E-state index contributed by atoms with van der Waals surface area (Å²) < 4.78 is 0. The van der Waals surface area contributed by atoms with Crippen molar-refractivity contribution >= 4 is 0 Å². The van der Waals surface area contributed by atoms with Gasteiger partial charge in [0.05, 0.1) is 0 Å². The van der Waals surface area contributed by atoms with E-state index in [9.17, 15) is 0 Å². The minimum absolute atomic E-state index is 0.155. The molecule has 1 aliphatic rings. The Hall–Kier alpha value is -0.800. The number of H-pyrrole nitrogens is 1. The SMILES string of the molecule is CC(C)(c1cc[nH]c1)N1CCNCC1. The van der Waals surface area contributed by atoms with Crippen LogP contribution in [-0.2, 0) is 5.54 Å². The molecule has 2 rings (SSSR count). The van der Waals surface area contributed by atoms with E-state index in [1.165, 1.54) is 5.56 Å². The number of piperazine rings is 1. The summed E-state index contributed by atoms with van der Waals surface area (Å²) in [5.74, 6) is 0. The van der Waals surface area contributed by atoms with E-state index in [0.29, 0.717) is 0 Å². The fourth-order valence-electron chi connectivity index (χ4n) is 2.11. The maximum atomic E-state index is 3.38. The highest BCUT2D eigenvalue weighted by Gasteiger charge is 2.29. The third kappa shape index (κ3) is 1.70. The van der Waals surface area contributed by atoms with Crippen LogP contribution in [-0.4, -0.2) is 36.1 Å². The molecule has 1 aromatic rings. The van der Waals surface area contributed by atoms with Crippen LogP contribution in [0.4, 0.5) is 0 Å². The van der Waals surface area contributed by atoms with E-state index in [-0.39, 0.29) is 5.54 Å². The number of nitrogens with one attached hydrogen (secondary N) is 2. The number of hydrogen-bond acceptors (Lipinski definition) is 2. The van der Waals surface area contributed by atoms with Gasteiger partial charge in [0.25, 0.3) is 0 Å². The van der Waals surface area contributed by atoms with Crippen LogP contribution in [0.15, 0.2) is 18.5 Å². The monoisotopic (exact) mass is 193 g/mol. The fourth-order valence-corrected chi connectivity index (χ4v) is 2.11. The average molecular weight is 193 g/mol. The van der Waals surface area contributed by atoms with Crippen LogP contribution in [0.5, 0.6) is 0 Å². The normalized spacial score (nSPS) is 19.9. The minimum Gasteiger partial charge on any atom is -0.367 e. The molecule has 0 radical (unpaired) electrons. The minimum atomic E-state index is 0.155. The lowest BCUT2D eigenvalue weighted by Crippen LogP contribution is -2.51. The van der Waals surface area contributed by atoms with Gasteiger partial charge in [-0.05, 0) is 25.5 Å². The summed E-state index contributed by atoms with van der Waals surface area (Å²) in [5.41, 5.74) is 1.53. The van der Waals surface area contributed by atoms with E-state index in [1.807, 2.05) is 6.20 Å². The second-order valence-corrected chi connectivity index (χ2v) is 4.40. The van der Waals surface area contributed by atoms with Gasteiger partial charge in [-0.3, -0.25) is 4.90 Å². The molecule has 0 aliphatic carbocycles. The van der Waals surface area contributed by atoms with Gasteiger partial charge in [0.15, 0.2) is 0 Å². The zero-order valence-corrected chi connectivity index (χ0v) is 9.01. The Balaban J connectivity index is 2.14. The molecule has 0 spiro atoms. The standard InChI is InChI=1S/C11H19N3/c1-11(2,10-3-4-13-9-10)14-7-5-12-6-8-14/h3-4,9,12-13H,5-8H2,1-2H3. The van der Waals surface area contributed by atoms with Crippen LogP contribution in [0.25, 0.3) is 0 Å². The molecule has 3 heteroatoms. The second-order valence-electron chi connectivity index (χ2n) is 4.40. The van der Waals surface area contributed by atoms with Gasteiger partial charge in [-0.1, -0.05) is 0 Å². The molecule has 2 heterocycles. The molecule has 0 atom stereocenters. The Labute approximate surface area is 85.5 Å². The van der Waals surface area contributed by atoms with E-state index in [4.69, 9.17) is 0 Å².